The predicted octanol–water partition coefficient (Wildman–Crippen LogP) is 4.00. The van der Waals surface area contributed by atoms with Crippen LogP contribution >= 0.6 is 11.6 Å². The van der Waals surface area contributed by atoms with Crippen LogP contribution in [0.2, 0.25) is 5.02 Å². The molecular weight excluding hydrogens is 488 g/mol. The molecule has 190 valence electrons. The Kier molecular flexibility index (Phi) is 8.56. The number of nitrogens with zero attached hydrogens (tertiary/aromatic N) is 2. The molecule has 1 fully saturated rings. The molecule has 1 saturated heterocycles. The zero-order valence-corrected chi connectivity index (χ0v) is 21.5. The Balaban J connectivity index is 2.20. The number of ether oxygens (including phenoxy) is 4. The Hall–Kier alpha value is -3.61. The van der Waals surface area contributed by atoms with E-state index in [1.807, 2.05) is 18.0 Å². The third-order valence-corrected chi connectivity index (χ3v) is 6.51. The van der Waals surface area contributed by atoms with Crippen LogP contribution in [-0.2, 0) is 9.53 Å². The largest absolute Gasteiger partial charge is 0.496 e. The summed E-state index contributed by atoms with van der Waals surface area (Å²) in [7, 11) is 4.77. The number of methoxy groups -OCH3 is 2. The molecule has 9 nitrogen and oxygen atoms in total. The highest BCUT2D eigenvalue weighted by Gasteiger charge is 2.40. The average molecular weight is 515 g/mol. The summed E-state index contributed by atoms with van der Waals surface area (Å²) in [5, 5.41) is 9.13. The lowest BCUT2D eigenvalue weighted by Gasteiger charge is -2.28. The van der Waals surface area contributed by atoms with Crippen LogP contribution in [0.4, 0.5) is 0 Å². The molecule has 0 saturated carbocycles. The summed E-state index contributed by atoms with van der Waals surface area (Å²) in [5.41, 5.74) is 0.875. The van der Waals surface area contributed by atoms with E-state index >= 15 is 0 Å². The van der Waals surface area contributed by atoms with Crippen LogP contribution in [-0.4, -0.2) is 63.1 Å². The summed E-state index contributed by atoms with van der Waals surface area (Å²) in [5.74, 6) is -1.37. The SMILES string of the molecule is COc1cc(OC)c([C@H]2CCN(C)[C@@H]2COC(C)=O)c(OC(=O)c2ccc(C#N)cc2Cl)c1C(C)=O. The van der Waals surface area contributed by atoms with Gasteiger partial charge in [0.05, 0.1) is 42.5 Å². The average Bonchev–Trinajstić information content (AvgIpc) is 3.20. The van der Waals surface area contributed by atoms with E-state index < -0.39 is 11.9 Å². The minimum atomic E-state index is -0.813. The van der Waals surface area contributed by atoms with Crippen LogP contribution in [0.3, 0.4) is 0 Å². The highest BCUT2D eigenvalue weighted by molar-refractivity contribution is 6.33. The molecule has 0 bridgehead atoms. The van der Waals surface area contributed by atoms with Gasteiger partial charge in [-0.2, -0.15) is 5.26 Å². The minimum absolute atomic E-state index is 0.00255. The molecule has 2 aromatic rings. The summed E-state index contributed by atoms with van der Waals surface area (Å²) in [6.45, 7) is 3.46. The molecule has 10 heteroatoms. The van der Waals surface area contributed by atoms with Crippen molar-refractivity contribution in [2.75, 3.05) is 34.4 Å². The second kappa shape index (κ2) is 11.4. The van der Waals surface area contributed by atoms with Gasteiger partial charge >= 0.3 is 11.9 Å². The van der Waals surface area contributed by atoms with Gasteiger partial charge in [-0.1, -0.05) is 11.6 Å². The molecule has 0 amide bonds. The van der Waals surface area contributed by atoms with E-state index in [1.165, 1.54) is 46.3 Å². The highest BCUT2D eigenvalue weighted by Crippen LogP contribution is 2.48. The van der Waals surface area contributed by atoms with Crippen molar-refractivity contribution in [1.29, 1.82) is 5.26 Å². The predicted molar refractivity (Wildman–Crippen MR) is 131 cm³/mol. The molecule has 0 aromatic heterocycles. The summed E-state index contributed by atoms with van der Waals surface area (Å²) >= 11 is 6.25. The number of carbonyl (C=O) groups is 3. The normalized spacial score (nSPS) is 17.2. The van der Waals surface area contributed by atoms with Crippen LogP contribution < -0.4 is 14.2 Å². The standard InChI is InChI=1S/C26H27ClN2O7/c1-14(30)23-21(33-4)11-22(34-5)24(18-8-9-29(3)20(18)13-35-15(2)31)25(23)36-26(32)17-7-6-16(12-28)10-19(17)27/h6-7,10-11,18,20H,8-9,13H2,1-5H3/t18-,20+/m0/s1. The van der Waals surface area contributed by atoms with Gasteiger partial charge in [-0.3, -0.25) is 14.5 Å². The number of nitriles is 1. The first-order valence-electron chi connectivity index (χ1n) is 11.2. The topological polar surface area (TPSA) is 115 Å². The van der Waals surface area contributed by atoms with E-state index in [9.17, 15) is 14.4 Å². The first-order valence-corrected chi connectivity index (χ1v) is 11.6. The van der Waals surface area contributed by atoms with Crippen LogP contribution in [0.15, 0.2) is 24.3 Å². The molecule has 0 unspecified atom stereocenters. The molecule has 0 spiro atoms. The first kappa shape index (κ1) is 27.0. The number of halogens is 1. The molecular formula is C26H27ClN2O7. The van der Waals surface area contributed by atoms with Crippen molar-refractivity contribution < 1.29 is 33.3 Å². The summed E-state index contributed by atoms with van der Waals surface area (Å²) in [4.78, 5) is 39.6. The minimum Gasteiger partial charge on any atom is -0.496 e. The molecule has 1 aliphatic rings. The third kappa shape index (κ3) is 5.45. The second-order valence-electron chi connectivity index (χ2n) is 8.40. The van der Waals surface area contributed by atoms with E-state index in [2.05, 4.69) is 0 Å². The number of carbonyl (C=O) groups excluding carboxylic acids is 3. The fraction of sp³-hybridized carbons (Fsp3) is 0.385. The number of benzene rings is 2. The van der Waals surface area contributed by atoms with Gasteiger partial charge in [0, 0.05) is 24.5 Å². The molecule has 2 atom stereocenters. The summed E-state index contributed by atoms with van der Waals surface area (Å²) < 4.78 is 22.3. The lowest BCUT2D eigenvalue weighted by molar-refractivity contribution is -0.142. The Morgan fingerprint density at radius 2 is 1.83 bits per heavy atom. The number of esters is 2. The van der Waals surface area contributed by atoms with E-state index in [0.717, 1.165) is 0 Å². The van der Waals surface area contributed by atoms with Crippen molar-refractivity contribution in [1.82, 2.24) is 4.90 Å². The van der Waals surface area contributed by atoms with Gasteiger partial charge in [-0.15, -0.1) is 0 Å². The number of Topliss-reactive ketones (excluding diaryl/α,β-unsaturated/α-hetero) is 1. The van der Waals surface area contributed by atoms with Gasteiger partial charge < -0.3 is 18.9 Å². The van der Waals surface area contributed by atoms with Crippen molar-refractivity contribution >= 4 is 29.3 Å². The number of hydrogen-bond donors (Lipinski definition) is 0. The maximum atomic E-state index is 13.3. The maximum absolute atomic E-state index is 13.3. The molecule has 0 N–H and O–H groups in total. The lowest BCUT2D eigenvalue weighted by atomic mass is 9.87. The molecule has 1 aliphatic heterocycles. The van der Waals surface area contributed by atoms with Gasteiger partial charge in [0.1, 0.15) is 23.7 Å². The number of ketones is 1. The van der Waals surface area contributed by atoms with E-state index in [0.29, 0.717) is 24.3 Å². The Morgan fingerprint density at radius 3 is 2.39 bits per heavy atom. The van der Waals surface area contributed by atoms with Gasteiger partial charge in [0.2, 0.25) is 0 Å². The smallest absolute Gasteiger partial charge is 0.345 e. The van der Waals surface area contributed by atoms with Crippen molar-refractivity contribution in [2.45, 2.75) is 32.2 Å². The Bertz CT molecular complexity index is 1240. The van der Waals surface area contributed by atoms with Gasteiger partial charge in [0.25, 0.3) is 0 Å². The number of likely N-dealkylation sites (tertiary alicyclic amines) is 1. The maximum Gasteiger partial charge on any atom is 0.345 e. The fourth-order valence-electron chi connectivity index (χ4n) is 4.44. The molecule has 1 heterocycles. The van der Waals surface area contributed by atoms with Gasteiger partial charge in [-0.05, 0) is 45.1 Å². The molecule has 3 rings (SSSR count). The van der Waals surface area contributed by atoms with E-state index in [4.69, 9.17) is 35.8 Å². The van der Waals surface area contributed by atoms with Crippen LogP contribution in [0.5, 0.6) is 17.2 Å². The van der Waals surface area contributed by atoms with E-state index in [1.54, 1.807) is 6.07 Å². The molecule has 2 aromatic carbocycles. The first-order chi connectivity index (χ1) is 17.1. The van der Waals surface area contributed by atoms with E-state index in [-0.39, 0.29) is 57.6 Å². The zero-order chi connectivity index (χ0) is 26.6. The van der Waals surface area contributed by atoms with Gasteiger partial charge in [0.15, 0.2) is 11.5 Å². The van der Waals surface area contributed by atoms with Crippen LogP contribution in [0.25, 0.3) is 0 Å². The summed E-state index contributed by atoms with van der Waals surface area (Å²) in [6, 6.07) is 7.48. The third-order valence-electron chi connectivity index (χ3n) is 6.20. The fourth-order valence-corrected chi connectivity index (χ4v) is 4.69. The van der Waals surface area contributed by atoms with Crippen molar-refractivity contribution in [3.63, 3.8) is 0 Å². The van der Waals surface area contributed by atoms with Crippen LogP contribution in [0, 0.1) is 11.3 Å². The second-order valence-corrected chi connectivity index (χ2v) is 8.80. The van der Waals surface area contributed by atoms with Crippen LogP contribution in [0.1, 0.15) is 58.0 Å². The zero-order valence-electron chi connectivity index (χ0n) is 20.7. The Labute approximate surface area is 214 Å². The van der Waals surface area contributed by atoms with Gasteiger partial charge in [-0.25, -0.2) is 4.79 Å². The molecule has 0 radical (unpaired) electrons. The quantitative estimate of drug-likeness (QED) is 0.293. The number of likely N-dealkylation sites (N-methyl/N-ethyl adjacent to an activating group) is 1. The van der Waals surface area contributed by atoms with Crippen molar-refractivity contribution in [3.05, 3.63) is 51.5 Å². The molecule has 0 aliphatic carbocycles. The Morgan fingerprint density at radius 1 is 1.14 bits per heavy atom. The van der Waals surface area contributed by atoms with Crippen molar-refractivity contribution in [2.24, 2.45) is 0 Å². The summed E-state index contributed by atoms with van der Waals surface area (Å²) in [6.07, 6.45) is 0.630. The van der Waals surface area contributed by atoms with Crippen molar-refractivity contribution in [3.8, 4) is 23.3 Å². The lowest BCUT2D eigenvalue weighted by Crippen LogP contribution is -2.34. The number of rotatable bonds is 8. The highest BCUT2D eigenvalue weighted by atomic mass is 35.5. The molecule has 36 heavy (non-hydrogen) atoms. The monoisotopic (exact) mass is 514 g/mol. The number of hydrogen-bond acceptors (Lipinski definition) is 9.